The van der Waals surface area contributed by atoms with E-state index in [1.165, 1.54) is 0 Å². The predicted molar refractivity (Wildman–Crippen MR) is 60.4 cm³/mol. The van der Waals surface area contributed by atoms with E-state index in [1.807, 2.05) is 0 Å². The molecular weight excluding hydrogens is 206 g/mol. The van der Waals surface area contributed by atoms with Crippen molar-refractivity contribution in [1.82, 2.24) is 10.3 Å². The number of pyridine rings is 1. The Hall–Kier alpha value is -1.62. The summed E-state index contributed by atoms with van der Waals surface area (Å²) in [6.07, 6.45) is 3.54. The van der Waals surface area contributed by atoms with Crippen molar-refractivity contribution < 1.29 is 9.53 Å². The van der Waals surface area contributed by atoms with E-state index in [0.717, 1.165) is 19.4 Å². The summed E-state index contributed by atoms with van der Waals surface area (Å²) >= 11 is 0. The average molecular weight is 221 g/mol. The highest BCUT2D eigenvalue weighted by molar-refractivity contribution is 5.94. The van der Waals surface area contributed by atoms with Crippen molar-refractivity contribution >= 4 is 11.6 Å². The zero-order valence-electron chi connectivity index (χ0n) is 9.19. The summed E-state index contributed by atoms with van der Waals surface area (Å²) < 4.78 is 4.94. The lowest BCUT2D eigenvalue weighted by Crippen LogP contribution is -2.35. The second-order valence-corrected chi connectivity index (χ2v) is 3.73. The van der Waals surface area contributed by atoms with Crippen molar-refractivity contribution in [3.8, 4) is 5.88 Å². The van der Waals surface area contributed by atoms with E-state index < -0.39 is 0 Å². The molecule has 1 aliphatic rings. The van der Waals surface area contributed by atoms with E-state index in [1.54, 1.807) is 25.4 Å². The van der Waals surface area contributed by atoms with Crippen molar-refractivity contribution in [3.63, 3.8) is 0 Å². The third kappa shape index (κ3) is 2.49. The number of hydrogen-bond donors (Lipinski definition) is 2. The van der Waals surface area contributed by atoms with Crippen LogP contribution in [0.5, 0.6) is 5.88 Å². The zero-order chi connectivity index (χ0) is 11.4. The molecule has 2 heterocycles. The lowest BCUT2D eigenvalue weighted by atomic mass is 10.2. The number of ether oxygens (including phenoxy) is 1. The monoisotopic (exact) mass is 221 g/mol. The molecule has 0 spiro atoms. The Bertz CT molecular complexity index is 358. The molecule has 5 nitrogen and oxygen atoms in total. The van der Waals surface area contributed by atoms with Gasteiger partial charge in [0.25, 0.3) is 0 Å². The summed E-state index contributed by atoms with van der Waals surface area (Å²) in [7, 11) is 1.56. The van der Waals surface area contributed by atoms with Crippen LogP contribution >= 0.6 is 0 Å². The second-order valence-electron chi connectivity index (χ2n) is 3.73. The molecule has 1 unspecified atom stereocenters. The number of aromatic nitrogens is 1. The van der Waals surface area contributed by atoms with Crippen molar-refractivity contribution in [2.75, 3.05) is 19.0 Å². The van der Waals surface area contributed by atoms with Gasteiger partial charge in [-0.3, -0.25) is 4.79 Å². The fourth-order valence-electron chi connectivity index (χ4n) is 1.71. The third-order valence-corrected chi connectivity index (χ3v) is 2.59. The zero-order valence-corrected chi connectivity index (χ0v) is 9.19. The van der Waals surface area contributed by atoms with E-state index in [9.17, 15) is 4.79 Å². The van der Waals surface area contributed by atoms with Gasteiger partial charge in [-0.25, -0.2) is 4.98 Å². The molecule has 86 valence electrons. The van der Waals surface area contributed by atoms with Gasteiger partial charge in [-0.1, -0.05) is 0 Å². The summed E-state index contributed by atoms with van der Waals surface area (Å²) in [5, 5.41) is 5.96. The Morgan fingerprint density at radius 1 is 1.62 bits per heavy atom. The van der Waals surface area contributed by atoms with Crippen molar-refractivity contribution in [2.45, 2.75) is 18.9 Å². The summed E-state index contributed by atoms with van der Waals surface area (Å²) in [6.45, 7) is 0.916. The molecule has 16 heavy (non-hydrogen) atoms. The van der Waals surface area contributed by atoms with Gasteiger partial charge in [-0.15, -0.1) is 0 Å². The minimum atomic E-state index is -0.0675. The Morgan fingerprint density at radius 3 is 3.06 bits per heavy atom. The topological polar surface area (TPSA) is 63.2 Å². The van der Waals surface area contributed by atoms with Crippen LogP contribution < -0.4 is 15.4 Å². The SMILES string of the molecule is COc1ccc(NC(=O)C2CCCN2)cn1. The van der Waals surface area contributed by atoms with Gasteiger partial charge >= 0.3 is 0 Å². The number of nitrogens with one attached hydrogen (secondary N) is 2. The summed E-state index contributed by atoms with van der Waals surface area (Å²) in [5.74, 6) is 0.543. The van der Waals surface area contributed by atoms with E-state index in [0.29, 0.717) is 11.6 Å². The van der Waals surface area contributed by atoms with Crippen LogP contribution in [0.15, 0.2) is 18.3 Å². The molecule has 0 bridgehead atoms. The number of hydrogen-bond acceptors (Lipinski definition) is 4. The highest BCUT2D eigenvalue weighted by atomic mass is 16.5. The van der Waals surface area contributed by atoms with Crippen LogP contribution in [0.1, 0.15) is 12.8 Å². The molecule has 5 heteroatoms. The van der Waals surface area contributed by atoms with Gasteiger partial charge in [-0.2, -0.15) is 0 Å². The lowest BCUT2D eigenvalue weighted by Gasteiger charge is -2.10. The minimum Gasteiger partial charge on any atom is -0.481 e. The highest BCUT2D eigenvalue weighted by Crippen LogP contribution is 2.13. The number of amides is 1. The molecule has 1 aliphatic heterocycles. The number of rotatable bonds is 3. The number of nitrogens with zero attached hydrogens (tertiary/aromatic N) is 1. The summed E-state index contributed by atoms with van der Waals surface area (Å²) in [4.78, 5) is 15.8. The number of carbonyl (C=O) groups is 1. The summed E-state index contributed by atoms with van der Waals surface area (Å²) in [5.41, 5.74) is 0.694. The molecule has 1 amide bonds. The van der Waals surface area contributed by atoms with Gasteiger partial charge < -0.3 is 15.4 Å². The normalized spacial score (nSPS) is 19.4. The van der Waals surface area contributed by atoms with Gasteiger partial charge in [0, 0.05) is 6.07 Å². The van der Waals surface area contributed by atoms with Crippen LogP contribution in [-0.2, 0) is 4.79 Å². The Labute approximate surface area is 94.2 Å². The standard InChI is InChI=1S/C11H15N3O2/c1-16-10-5-4-8(7-13-10)14-11(15)9-3-2-6-12-9/h4-5,7,9,12H,2-3,6H2,1H3,(H,14,15). The largest absolute Gasteiger partial charge is 0.481 e. The maximum atomic E-state index is 11.7. The maximum absolute atomic E-state index is 11.7. The first-order valence-corrected chi connectivity index (χ1v) is 5.34. The van der Waals surface area contributed by atoms with Crippen LogP contribution in [-0.4, -0.2) is 30.6 Å². The van der Waals surface area contributed by atoms with Crippen molar-refractivity contribution in [3.05, 3.63) is 18.3 Å². The smallest absolute Gasteiger partial charge is 0.241 e. The average Bonchev–Trinajstić information content (AvgIpc) is 2.83. The molecule has 0 aromatic carbocycles. The predicted octanol–water partition coefficient (Wildman–Crippen LogP) is 0.781. The van der Waals surface area contributed by atoms with Crippen LogP contribution in [0.4, 0.5) is 5.69 Å². The second kappa shape index (κ2) is 4.94. The Morgan fingerprint density at radius 2 is 2.50 bits per heavy atom. The minimum absolute atomic E-state index is 0.00414. The molecule has 2 rings (SSSR count). The van der Waals surface area contributed by atoms with Crippen LogP contribution in [0.25, 0.3) is 0 Å². The van der Waals surface area contributed by atoms with E-state index in [4.69, 9.17) is 4.74 Å². The van der Waals surface area contributed by atoms with Crippen molar-refractivity contribution in [1.29, 1.82) is 0 Å². The fraction of sp³-hybridized carbons (Fsp3) is 0.455. The van der Waals surface area contributed by atoms with Crippen LogP contribution in [0.2, 0.25) is 0 Å². The number of carbonyl (C=O) groups excluding carboxylic acids is 1. The van der Waals surface area contributed by atoms with E-state index >= 15 is 0 Å². The molecule has 1 fully saturated rings. The Balaban J connectivity index is 1.94. The van der Waals surface area contributed by atoms with Gasteiger partial charge in [0.05, 0.1) is 25.0 Å². The number of anilines is 1. The van der Waals surface area contributed by atoms with Gasteiger partial charge in [-0.05, 0) is 25.5 Å². The third-order valence-electron chi connectivity index (χ3n) is 2.59. The molecular formula is C11H15N3O2. The van der Waals surface area contributed by atoms with E-state index in [2.05, 4.69) is 15.6 Å². The first kappa shape index (κ1) is 10.9. The Kier molecular flexibility index (Phi) is 3.36. The molecule has 1 atom stereocenters. The molecule has 0 radical (unpaired) electrons. The molecule has 0 saturated carbocycles. The summed E-state index contributed by atoms with van der Waals surface area (Å²) in [6, 6.07) is 3.43. The van der Waals surface area contributed by atoms with Gasteiger partial charge in [0.2, 0.25) is 11.8 Å². The lowest BCUT2D eigenvalue weighted by molar-refractivity contribution is -0.117. The molecule has 0 aliphatic carbocycles. The maximum Gasteiger partial charge on any atom is 0.241 e. The molecule has 1 saturated heterocycles. The van der Waals surface area contributed by atoms with E-state index in [-0.39, 0.29) is 11.9 Å². The van der Waals surface area contributed by atoms with Crippen LogP contribution in [0, 0.1) is 0 Å². The number of methoxy groups -OCH3 is 1. The fourth-order valence-corrected chi connectivity index (χ4v) is 1.71. The van der Waals surface area contributed by atoms with Crippen LogP contribution in [0.3, 0.4) is 0 Å². The molecule has 2 N–H and O–H groups in total. The quantitative estimate of drug-likeness (QED) is 0.791. The first-order valence-electron chi connectivity index (χ1n) is 5.34. The molecule has 1 aromatic rings. The van der Waals surface area contributed by atoms with Gasteiger partial charge in [0.15, 0.2) is 0 Å². The highest BCUT2D eigenvalue weighted by Gasteiger charge is 2.21. The van der Waals surface area contributed by atoms with Crippen molar-refractivity contribution in [2.24, 2.45) is 0 Å². The first-order chi connectivity index (χ1) is 7.79. The molecule has 1 aromatic heterocycles. The van der Waals surface area contributed by atoms with Gasteiger partial charge in [0.1, 0.15) is 0 Å².